The van der Waals surface area contributed by atoms with Crippen molar-refractivity contribution in [1.82, 2.24) is 0 Å². The average Bonchev–Trinajstić information content (AvgIpc) is 2.34. The van der Waals surface area contributed by atoms with Crippen molar-refractivity contribution < 1.29 is 9.53 Å². The van der Waals surface area contributed by atoms with E-state index in [0.717, 1.165) is 12.8 Å². The molecule has 0 aliphatic heterocycles. The van der Waals surface area contributed by atoms with Gasteiger partial charge in [0.25, 0.3) is 0 Å². The Kier molecular flexibility index (Phi) is 10.9. The van der Waals surface area contributed by atoms with E-state index in [4.69, 9.17) is 10.5 Å². The summed E-state index contributed by atoms with van der Waals surface area (Å²) in [6, 6.07) is -0.156. The van der Waals surface area contributed by atoms with E-state index in [1.165, 1.54) is 19.8 Å². The third-order valence-corrected chi connectivity index (χ3v) is 2.68. The molecule has 0 amide bonds. The lowest BCUT2D eigenvalue weighted by Gasteiger charge is -2.18. The monoisotopic (exact) mass is 265 g/mol. The van der Waals surface area contributed by atoms with Gasteiger partial charge in [0.1, 0.15) is 6.10 Å². The zero-order valence-electron chi connectivity index (χ0n) is 12.2. The van der Waals surface area contributed by atoms with Gasteiger partial charge in [-0.15, -0.1) is 6.58 Å². The van der Waals surface area contributed by atoms with Crippen LogP contribution in [-0.2, 0) is 9.53 Å². The summed E-state index contributed by atoms with van der Waals surface area (Å²) in [5, 5.41) is 0. The van der Waals surface area contributed by atoms with Crippen LogP contribution in [0.15, 0.2) is 37.0 Å². The first-order chi connectivity index (χ1) is 9.07. The lowest BCUT2D eigenvalue weighted by atomic mass is 10.1. The highest BCUT2D eigenvalue weighted by molar-refractivity contribution is 5.66. The predicted octanol–water partition coefficient (Wildman–Crippen LogP) is 3.51. The van der Waals surface area contributed by atoms with Gasteiger partial charge in [-0.3, -0.25) is 4.79 Å². The fraction of sp³-hybridized carbons (Fsp3) is 0.562. The number of esters is 1. The molecular formula is C16H27NO2. The Labute approximate surface area is 117 Å². The Balaban J connectivity index is 3.82. The van der Waals surface area contributed by atoms with Gasteiger partial charge in [-0.25, -0.2) is 0 Å². The van der Waals surface area contributed by atoms with Crippen molar-refractivity contribution in [1.29, 1.82) is 0 Å². The molecule has 0 fully saturated rings. The predicted molar refractivity (Wildman–Crippen MR) is 80.8 cm³/mol. The minimum atomic E-state index is -0.284. The SMILES string of the molecule is C=CCCCC/C=C/C=C/C[C@H](OC(C)=O)[C@H](C)N. The third kappa shape index (κ3) is 11.5. The second kappa shape index (κ2) is 11.7. The smallest absolute Gasteiger partial charge is 0.302 e. The minimum absolute atomic E-state index is 0.156. The maximum Gasteiger partial charge on any atom is 0.302 e. The van der Waals surface area contributed by atoms with Crippen molar-refractivity contribution in [3.63, 3.8) is 0 Å². The van der Waals surface area contributed by atoms with Crippen molar-refractivity contribution in [3.8, 4) is 0 Å². The molecule has 108 valence electrons. The Morgan fingerprint density at radius 3 is 2.47 bits per heavy atom. The van der Waals surface area contributed by atoms with E-state index in [-0.39, 0.29) is 18.1 Å². The number of carbonyl (C=O) groups is 1. The van der Waals surface area contributed by atoms with Gasteiger partial charge in [-0.05, 0) is 32.6 Å². The van der Waals surface area contributed by atoms with Crippen LogP contribution in [0.5, 0.6) is 0 Å². The van der Waals surface area contributed by atoms with Gasteiger partial charge < -0.3 is 10.5 Å². The summed E-state index contributed by atoms with van der Waals surface area (Å²) in [6.07, 6.45) is 15.0. The molecule has 3 nitrogen and oxygen atoms in total. The Bertz CT molecular complexity index is 306. The van der Waals surface area contributed by atoms with Crippen LogP contribution < -0.4 is 5.73 Å². The number of nitrogens with two attached hydrogens (primary N) is 1. The van der Waals surface area contributed by atoms with Gasteiger partial charge in [0, 0.05) is 19.4 Å². The second-order valence-electron chi connectivity index (χ2n) is 4.67. The van der Waals surface area contributed by atoms with Crippen LogP contribution in [0.4, 0.5) is 0 Å². The number of hydrogen-bond acceptors (Lipinski definition) is 3. The van der Waals surface area contributed by atoms with E-state index in [1.807, 2.05) is 31.2 Å². The summed E-state index contributed by atoms with van der Waals surface area (Å²) in [5.41, 5.74) is 5.76. The molecule has 0 spiro atoms. The normalized spacial score (nSPS) is 14.7. The van der Waals surface area contributed by atoms with E-state index in [2.05, 4.69) is 12.7 Å². The second-order valence-corrected chi connectivity index (χ2v) is 4.67. The number of allylic oxidation sites excluding steroid dienone is 4. The molecule has 0 aliphatic rings. The minimum Gasteiger partial charge on any atom is -0.461 e. The Morgan fingerprint density at radius 1 is 1.26 bits per heavy atom. The Morgan fingerprint density at radius 2 is 1.89 bits per heavy atom. The highest BCUT2D eigenvalue weighted by atomic mass is 16.5. The topological polar surface area (TPSA) is 52.3 Å². The van der Waals surface area contributed by atoms with Crippen molar-refractivity contribution in [2.24, 2.45) is 5.73 Å². The van der Waals surface area contributed by atoms with E-state index in [9.17, 15) is 4.79 Å². The van der Waals surface area contributed by atoms with Crippen LogP contribution in [0.2, 0.25) is 0 Å². The molecule has 2 atom stereocenters. The molecule has 0 saturated carbocycles. The van der Waals surface area contributed by atoms with Gasteiger partial charge in [-0.2, -0.15) is 0 Å². The van der Waals surface area contributed by atoms with Crippen molar-refractivity contribution in [2.75, 3.05) is 0 Å². The molecule has 0 aromatic heterocycles. The summed E-state index contributed by atoms with van der Waals surface area (Å²) in [7, 11) is 0. The summed E-state index contributed by atoms with van der Waals surface area (Å²) < 4.78 is 5.14. The van der Waals surface area contributed by atoms with Crippen LogP contribution in [0.25, 0.3) is 0 Å². The Hall–Kier alpha value is -1.35. The molecule has 0 unspecified atom stereocenters. The molecule has 0 aromatic rings. The summed E-state index contributed by atoms with van der Waals surface area (Å²) >= 11 is 0. The van der Waals surface area contributed by atoms with Crippen LogP contribution in [0.3, 0.4) is 0 Å². The summed E-state index contributed by atoms with van der Waals surface area (Å²) in [5.74, 6) is -0.284. The zero-order valence-corrected chi connectivity index (χ0v) is 12.2. The molecule has 19 heavy (non-hydrogen) atoms. The number of unbranched alkanes of at least 4 members (excludes halogenated alkanes) is 3. The molecule has 0 aromatic carbocycles. The van der Waals surface area contributed by atoms with Crippen molar-refractivity contribution in [3.05, 3.63) is 37.0 Å². The molecule has 0 aliphatic carbocycles. The van der Waals surface area contributed by atoms with E-state index >= 15 is 0 Å². The average molecular weight is 265 g/mol. The first-order valence-electron chi connectivity index (χ1n) is 6.93. The highest BCUT2D eigenvalue weighted by Crippen LogP contribution is 2.05. The maximum absolute atomic E-state index is 10.9. The molecule has 0 heterocycles. The number of rotatable bonds is 10. The molecule has 2 N–H and O–H groups in total. The van der Waals surface area contributed by atoms with Crippen molar-refractivity contribution >= 4 is 5.97 Å². The zero-order chi connectivity index (χ0) is 14.5. The van der Waals surface area contributed by atoms with Gasteiger partial charge in [0.15, 0.2) is 0 Å². The van der Waals surface area contributed by atoms with Crippen LogP contribution in [0, 0.1) is 0 Å². The van der Waals surface area contributed by atoms with Gasteiger partial charge in [-0.1, -0.05) is 30.4 Å². The van der Waals surface area contributed by atoms with Gasteiger partial charge >= 0.3 is 5.97 Å². The van der Waals surface area contributed by atoms with E-state index in [1.54, 1.807) is 0 Å². The quantitative estimate of drug-likeness (QED) is 0.284. The number of ether oxygens (including phenoxy) is 1. The molecule has 0 radical (unpaired) electrons. The summed E-state index contributed by atoms with van der Waals surface area (Å²) in [4.78, 5) is 10.9. The lowest BCUT2D eigenvalue weighted by Crippen LogP contribution is -2.34. The lowest BCUT2D eigenvalue weighted by molar-refractivity contribution is -0.147. The van der Waals surface area contributed by atoms with Crippen LogP contribution >= 0.6 is 0 Å². The van der Waals surface area contributed by atoms with Crippen LogP contribution in [-0.4, -0.2) is 18.1 Å². The van der Waals surface area contributed by atoms with Crippen LogP contribution in [0.1, 0.15) is 46.0 Å². The first kappa shape index (κ1) is 17.6. The van der Waals surface area contributed by atoms with Crippen molar-refractivity contribution in [2.45, 2.75) is 58.1 Å². The fourth-order valence-electron chi connectivity index (χ4n) is 1.60. The maximum atomic E-state index is 10.9. The van der Waals surface area contributed by atoms with E-state index in [0.29, 0.717) is 6.42 Å². The third-order valence-electron chi connectivity index (χ3n) is 2.68. The van der Waals surface area contributed by atoms with Gasteiger partial charge in [0.05, 0.1) is 0 Å². The number of carbonyl (C=O) groups excluding carboxylic acids is 1. The molecular weight excluding hydrogens is 238 g/mol. The largest absolute Gasteiger partial charge is 0.461 e. The standard InChI is InChI=1S/C16H27NO2/c1-4-5-6-7-8-9-10-11-12-13-16(14(2)17)19-15(3)18/h4,9-12,14,16H,1,5-8,13,17H2,2-3H3/b10-9+,12-11+/t14-,16-/m0/s1. The molecule has 0 bridgehead atoms. The first-order valence-corrected chi connectivity index (χ1v) is 6.93. The molecule has 3 heteroatoms. The number of hydrogen-bond donors (Lipinski definition) is 1. The summed E-state index contributed by atoms with van der Waals surface area (Å²) in [6.45, 7) is 6.94. The molecule has 0 saturated heterocycles. The highest BCUT2D eigenvalue weighted by Gasteiger charge is 2.14. The molecule has 0 rings (SSSR count). The van der Waals surface area contributed by atoms with E-state index < -0.39 is 0 Å². The fourth-order valence-corrected chi connectivity index (χ4v) is 1.60. The van der Waals surface area contributed by atoms with Gasteiger partial charge in [0.2, 0.25) is 0 Å².